The smallest absolute Gasteiger partial charge is 0.317 e. The SMILES string of the molecule is CCN(CC(=O)O)C1CCCCC1NC(C)=O. The van der Waals surface area contributed by atoms with Crippen molar-refractivity contribution in [1.29, 1.82) is 0 Å². The molecule has 0 aliphatic heterocycles. The third-order valence-electron chi connectivity index (χ3n) is 3.33. The van der Waals surface area contributed by atoms with Crippen molar-refractivity contribution < 1.29 is 14.7 Å². The summed E-state index contributed by atoms with van der Waals surface area (Å²) in [5.74, 6) is -0.840. The molecule has 1 saturated carbocycles. The van der Waals surface area contributed by atoms with Crippen LogP contribution in [0.15, 0.2) is 0 Å². The molecule has 5 heteroatoms. The van der Waals surface area contributed by atoms with Crippen molar-refractivity contribution in [3.8, 4) is 0 Å². The van der Waals surface area contributed by atoms with Crippen LogP contribution in [-0.2, 0) is 9.59 Å². The predicted octanol–water partition coefficient (Wildman–Crippen LogP) is 0.840. The maximum Gasteiger partial charge on any atom is 0.317 e. The first-order valence-corrected chi connectivity index (χ1v) is 6.27. The van der Waals surface area contributed by atoms with Crippen LogP contribution in [0.2, 0.25) is 0 Å². The fraction of sp³-hybridized carbons (Fsp3) is 0.833. The molecule has 0 bridgehead atoms. The molecule has 0 heterocycles. The highest BCUT2D eigenvalue weighted by atomic mass is 16.4. The highest BCUT2D eigenvalue weighted by Gasteiger charge is 2.30. The normalized spacial score (nSPS) is 24.6. The lowest BCUT2D eigenvalue weighted by atomic mass is 9.89. The van der Waals surface area contributed by atoms with Gasteiger partial charge in [0.1, 0.15) is 0 Å². The van der Waals surface area contributed by atoms with Gasteiger partial charge >= 0.3 is 5.97 Å². The Balaban J connectivity index is 2.67. The van der Waals surface area contributed by atoms with Crippen LogP contribution in [0.1, 0.15) is 39.5 Å². The number of aliphatic carboxylic acids is 1. The van der Waals surface area contributed by atoms with Crippen molar-refractivity contribution in [3.05, 3.63) is 0 Å². The molecule has 0 aromatic heterocycles. The highest BCUT2D eigenvalue weighted by Crippen LogP contribution is 2.23. The summed E-state index contributed by atoms with van der Waals surface area (Å²) in [5, 5.41) is 11.8. The summed E-state index contributed by atoms with van der Waals surface area (Å²) in [6, 6.07) is 0.259. The first-order valence-electron chi connectivity index (χ1n) is 6.27. The number of hydrogen-bond donors (Lipinski definition) is 2. The number of hydrogen-bond acceptors (Lipinski definition) is 3. The maximum absolute atomic E-state index is 11.1. The third kappa shape index (κ3) is 4.34. The van der Waals surface area contributed by atoms with E-state index in [4.69, 9.17) is 5.11 Å². The average molecular weight is 242 g/mol. The number of carbonyl (C=O) groups is 2. The quantitative estimate of drug-likeness (QED) is 0.749. The van der Waals surface area contributed by atoms with Crippen molar-refractivity contribution in [2.75, 3.05) is 13.1 Å². The molecule has 1 aliphatic rings. The minimum absolute atomic E-state index is 0.0340. The average Bonchev–Trinajstić information content (AvgIpc) is 2.26. The molecule has 0 radical (unpaired) electrons. The Bertz CT molecular complexity index is 263. The minimum atomic E-state index is -0.806. The van der Waals surface area contributed by atoms with Gasteiger partial charge in [-0.1, -0.05) is 19.8 Å². The Morgan fingerprint density at radius 1 is 1.35 bits per heavy atom. The van der Waals surface area contributed by atoms with Crippen molar-refractivity contribution in [3.63, 3.8) is 0 Å². The van der Waals surface area contributed by atoms with Gasteiger partial charge in [0.05, 0.1) is 6.54 Å². The molecule has 1 rings (SSSR count). The standard InChI is InChI=1S/C12H22N2O3/c1-3-14(8-12(16)17)11-7-5-4-6-10(11)13-9(2)15/h10-11H,3-8H2,1-2H3,(H,13,15)(H,16,17). The van der Waals surface area contributed by atoms with E-state index in [1.807, 2.05) is 11.8 Å². The summed E-state index contributed by atoms with van der Waals surface area (Å²) >= 11 is 0. The van der Waals surface area contributed by atoms with Gasteiger partial charge in [-0.05, 0) is 19.4 Å². The topological polar surface area (TPSA) is 69.6 Å². The third-order valence-corrected chi connectivity index (χ3v) is 3.33. The number of rotatable bonds is 5. The first kappa shape index (κ1) is 14.0. The van der Waals surface area contributed by atoms with Gasteiger partial charge in [-0.3, -0.25) is 14.5 Å². The molecule has 1 aliphatic carbocycles. The molecular formula is C12H22N2O3. The van der Waals surface area contributed by atoms with Gasteiger partial charge in [-0.2, -0.15) is 0 Å². The molecule has 5 nitrogen and oxygen atoms in total. The van der Waals surface area contributed by atoms with Crippen LogP contribution < -0.4 is 5.32 Å². The summed E-state index contributed by atoms with van der Waals surface area (Å²) in [4.78, 5) is 23.9. The molecule has 2 atom stereocenters. The largest absolute Gasteiger partial charge is 0.480 e. The molecule has 98 valence electrons. The van der Waals surface area contributed by atoms with E-state index in [2.05, 4.69) is 5.32 Å². The van der Waals surface area contributed by atoms with Crippen molar-refractivity contribution >= 4 is 11.9 Å². The molecule has 1 amide bonds. The molecule has 0 aromatic carbocycles. The second-order valence-electron chi connectivity index (χ2n) is 4.62. The van der Waals surface area contributed by atoms with E-state index in [0.717, 1.165) is 25.7 Å². The van der Waals surface area contributed by atoms with Crippen LogP contribution in [0.5, 0.6) is 0 Å². The summed E-state index contributed by atoms with van der Waals surface area (Å²) < 4.78 is 0. The van der Waals surface area contributed by atoms with Crippen LogP contribution in [0.25, 0.3) is 0 Å². The monoisotopic (exact) mass is 242 g/mol. The molecule has 0 spiro atoms. The van der Waals surface area contributed by atoms with Crippen molar-refractivity contribution in [1.82, 2.24) is 10.2 Å². The van der Waals surface area contributed by atoms with Gasteiger partial charge in [0.2, 0.25) is 5.91 Å². The summed E-state index contributed by atoms with van der Waals surface area (Å²) in [5.41, 5.74) is 0. The highest BCUT2D eigenvalue weighted by molar-refractivity contribution is 5.73. The predicted molar refractivity (Wildman–Crippen MR) is 64.7 cm³/mol. The van der Waals surface area contributed by atoms with E-state index in [1.54, 1.807) is 0 Å². The lowest BCUT2D eigenvalue weighted by Crippen LogP contribution is -2.54. The lowest BCUT2D eigenvalue weighted by Gasteiger charge is -2.39. The summed E-state index contributed by atoms with van der Waals surface area (Å²) in [7, 11) is 0. The Morgan fingerprint density at radius 2 is 2.00 bits per heavy atom. The number of carbonyl (C=O) groups excluding carboxylic acids is 1. The fourth-order valence-corrected chi connectivity index (χ4v) is 2.62. The van der Waals surface area contributed by atoms with Crippen molar-refractivity contribution in [2.45, 2.75) is 51.6 Å². The molecular weight excluding hydrogens is 220 g/mol. The van der Waals surface area contributed by atoms with Crippen LogP contribution in [0.4, 0.5) is 0 Å². The molecule has 0 saturated heterocycles. The number of carboxylic acids is 1. The van der Waals surface area contributed by atoms with E-state index in [0.29, 0.717) is 6.54 Å². The van der Waals surface area contributed by atoms with E-state index in [-0.39, 0.29) is 24.5 Å². The van der Waals surface area contributed by atoms with E-state index < -0.39 is 5.97 Å². The van der Waals surface area contributed by atoms with Crippen LogP contribution in [0, 0.1) is 0 Å². The molecule has 0 aromatic rings. The zero-order chi connectivity index (χ0) is 12.8. The number of nitrogens with zero attached hydrogens (tertiary/aromatic N) is 1. The fourth-order valence-electron chi connectivity index (χ4n) is 2.62. The Hall–Kier alpha value is -1.10. The van der Waals surface area contributed by atoms with Crippen LogP contribution in [0.3, 0.4) is 0 Å². The van der Waals surface area contributed by atoms with Gasteiger partial charge in [0.25, 0.3) is 0 Å². The number of likely N-dealkylation sites (N-methyl/N-ethyl adjacent to an activating group) is 1. The second kappa shape index (κ2) is 6.59. The second-order valence-corrected chi connectivity index (χ2v) is 4.62. The van der Waals surface area contributed by atoms with Gasteiger partial charge in [-0.15, -0.1) is 0 Å². The van der Waals surface area contributed by atoms with E-state index in [1.165, 1.54) is 6.92 Å². The first-order chi connectivity index (χ1) is 8.04. The summed E-state index contributed by atoms with van der Waals surface area (Å²) in [6.07, 6.45) is 4.12. The molecule has 1 fully saturated rings. The Labute approximate surface area is 102 Å². The Kier molecular flexibility index (Phi) is 5.41. The maximum atomic E-state index is 11.1. The van der Waals surface area contributed by atoms with Gasteiger partial charge < -0.3 is 10.4 Å². The Morgan fingerprint density at radius 3 is 2.53 bits per heavy atom. The van der Waals surface area contributed by atoms with Crippen molar-refractivity contribution in [2.24, 2.45) is 0 Å². The van der Waals surface area contributed by atoms with E-state index >= 15 is 0 Å². The number of amides is 1. The number of carboxylic acid groups (broad SMARTS) is 1. The minimum Gasteiger partial charge on any atom is -0.480 e. The van der Waals surface area contributed by atoms with Gasteiger partial charge in [-0.25, -0.2) is 0 Å². The van der Waals surface area contributed by atoms with Crippen LogP contribution in [-0.4, -0.2) is 47.1 Å². The summed E-state index contributed by atoms with van der Waals surface area (Å²) in [6.45, 7) is 4.23. The lowest BCUT2D eigenvalue weighted by molar-refractivity contribution is -0.139. The molecule has 17 heavy (non-hydrogen) atoms. The molecule has 2 N–H and O–H groups in total. The van der Waals surface area contributed by atoms with E-state index in [9.17, 15) is 9.59 Å². The molecule has 2 unspecified atom stereocenters. The zero-order valence-corrected chi connectivity index (χ0v) is 10.6. The van der Waals surface area contributed by atoms with Crippen LogP contribution >= 0.6 is 0 Å². The van der Waals surface area contributed by atoms with Gasteiger partial charge in [0, 0.05) is 19.0 Å². The van der Waals surface area contributed by atoms with Gasteiger partial charge in [0.15, 0.2) is 0 Å². The number of nitrogens with one attached hydrogen (secondary N) is 1. The zero-order valence-electron chi connectivity index (χ0n) is 10.6.